The predicted octanol–water partition coefficient (Wildman–Crippen LogP) is 19.2. The quantitative estimate of drug-likeness (QED) is 0.0346. The van der Waals surface area contributed by atoms with Crippen molar-refractivity contribution in [2.45, 2.75) is 259 Å². The maximum Gasteiger partial charge on any atom is 0.0318 e. The molecule has 0 N–H and O–H groups in total. The van der Waals surface area contributed by atoms with E-state index in [4.69, 9.17) is 0 Å². The molecule has 0 nitrogen and oxygen atoms in total. The molecular weight excluding hydrogens is 637 g/mol. The number of allylic oxidation sites excluding steroid dienone is 12. The van der Waals surface area contributed by atoms with Gasteiger partial charge in [0.05, 0.1) is 0 Å². The fourth-order valence-electron chi connectivity index (χ4n) is 8.14. The van der Waals surface area contributed by atoms with E-state index < -0.39 is 0 Å². The van der Waals surface area contributed by atoms with Crippen molar-refractivity contribution in [2.24, 2.45) is 5.41 Å². The van der Waals surface area contributed by atoms with Gasteiger partial charge in [-0.1, -0.05) is 231 Å². The molecule has 0 radical (unpaired) electrons. The molecule has 0 bridgehead atoms. The summed E-state index contributed by atoms with van der Waals surface area (Å²) in [7, 11) is 0. The maximum absolute atomic E-state index is 2.73. The highest BCUT2D eigenvalue weighted by atomic mass is 14.3. The predicted molar refractivity (Wildman–Crippen MR) is 244 cm³/mol. The van der Waals surface area contributed by atoms with Gasteiger partial charge in [0.1, 0.15) is 0 Å². The lowest BCUT2D eigenvalue weighted by molar-refractivity contribution is 0.482. The van der Waals surface area contributed by atoms with Crippen LogP contribution < -0.4 is 0 Å². The Morgan fingerprint density at radius 2 is 0.868 bits per heavy atom. The summed E-state index contributed by atoms with van der Waals surface area (Å²) in [5, 5.41) is 0. The molecule has 1 unspecified atom stereocenters. The molecular formula is C53H94. The van der Waals surface area contributed by atoms with Crippen molar-refractivity contribution in [2.75, 3.05) is 0 Å². The van der Waals surface area contributed by atoms with Gasteiger partial charge in [-0.3, -0.25) is 0 Å². The molecule has 1 rings (SSSR count). The van der Waals surface area contributed by atoms with Gasteiger partial charge >= 0.3 is 0 Å². The van der Waals surface area contributed by atoms with Crippen molar-refractivity contribution in [3.8, 4) is 0 Å². The van der Waals surface area contributed by atoms with Gasteiger partial charge in [0.2, 0.25) is 0 Å². The van der Waals surface area contributed by atoms with Gasteiger partial charge in [-0.05, 0) is 100 Å². The lowest BCUT2D eigenvalue weighted by Crippen LogP contribution is -2.20. The molecule has 0 aliphatic heterocycles. The van der Waals surface area contributed by atoms with Gasteiger partial charge in [0, 0.05) is 5.41 Å². The smallest absolute Gasteiger partial charge is 0.0318 e. The number of unbranched alkanes of at least 4 members (excludes halogenated alkanes) is 23. The van der Waals surface area contributed by atoms with E-state index in [0.29, 0.717) is 0 Å². The lowest BCUT2D eigenvalue weighted by atomic mass is 9.71. The van der Waals surface area contributed by atoms with Gasteiger partial charge < -0.3 is 0 Å². The molecule has 0 saturated carbocycles. The minimum absolute atomic E-state index is 0.0525. The van der Waals surface area contributed by atoms with E-state index in [-0.39, 0.29) is 5.41 Å². The van der Waals surface area contributed by atoms with E-state index in [1.165, 1.54) is 225 Å². The van der Waals surface area contributed by atoms with Crippen molar-refractivity contribution in [3.63, 3.8) is 0 Å². The second-order valence-electron chi connectivity index (χ2n) is 16.8. The van der Waals surface area contributed by atoms with Crippen LogP contribution in [0.2, 0.25) is 0 Å². The highest BCUT2D eigenvalue weighted by molar-refractivity contribution is 5.53. The zero-order valence-electron chi connectivity index (χ0n) is 36.9. The summed E-state index contributed by atoms with van der Waals surface area (Å²) in [4.78, 5) is 0. The first-order chi connectivity index (χ1) is 26.2. The van der Waals surface area contributed by atoms with Crippen LogP contribution in [0.4, 0.5) is 0 Å². The number of hydrogen-bond donors (Lipinski definition) is 0. The monoisotopic (exact) mass is 731 g/mol. The molecule has 0 amide bonds. The first-order valence-corrected chi connectivity index (χ1v) is 24.3. The average Bonchev–Trinajstić information content (AvgIpc) is 3.15. The third kappa shape index (κ3) is 26.0. The van der Waals surface area contributed by atoms with Crippen LogP contribution in [0, 0.1) is 5.41 Å². The Hall–Kier alpha value is -1.56. The first kappa shape index (κ1) is 49.5. The van der Waals surface area contributed by atoms with Crippen LogP contribution in [0.25, 0.3) is 0 Å². The molecule has 1 aliphatic carbocycles. The lowest BCUT2D eigenvalue weighted by Gasteiger charge is -2.33. The maximum atomic E-state index is 2.73. The number of hydrogen-bond acceptors (Lipinski definition) is 0. The Morgan fingerprint density at radius 3 is 1.38 bits per heavy atom. The van der Waals surface area contributed by atoms with Crippen molar-refractivity contribution >= 4 is 0 Å². The molecule has 1 aliphatic rings. The standard InChI is InChI=1S/C53H94/c1-6-11-16-21-25-31-38-45-51(50-43-36-29-28-30-37-44-50)52(46-39-32-26-22-17-12-7-2)53(47-40-33-20-15-10-5,48-41-34-24-19-14-9-4)49-42-35-27-23-18-13-8-3/h38-39,41-43,45-46,48-49H,6-37,40,44,47H2,1-5H3/b45-38?,46-39?,48-41?,49-42?,50-43+,52-51?. The molecule has 1 atom stereocenters. The van der Waals surface area contributed by atoms with E-state index in [0.717, 1.165) is 0 Å². The second-order valence-corrected chi connectivity index (χ2v) is 16.8. The van der Waals surface area contributed by atoms with Crippen LogP contribution in [0.5, 0.6) is 0 Å². The molecule has 0 heteroatoms. The fourth-order valence-corrected chi connectivity index (χ4v) is 8.14. The fraction of sp³-hybridized carbons (Fsp3) is 0.774. The van der Waals surface area contributed by atoms with Crippen LogP contribution >= 0.6 is 0 Å². The van der Waals surface area contributed by atoms with Crippen LogP contribution in [-0.4, -0.2) is 0 Å². The highest BCUT2D eigenvalue weighted by Gasteiger charge is 2.30. The van der Waals surface area contributed by atoms with Crippen molar-refractivity contribution in [3.05, 3.63) is 71.4 Å². The van der Waals surface area contributed by atoms with Crippen LogP contribution in [0.3, 0.4) is 0 Å². The zero-order chi connectivity index (χ0) is 38.3. The van der Waals surface area contributed by atoms with Crippen molar-refractivity contribution < 1.29 is 0 Å². The van der Waals surface area contributed by atoms with Crippen LogP contribution in [0.1, 0.15) is 259 Å². The summed E-state index contributed by atoms with van der Waals surface area (Å²) in [5.41, 5.74) is 4.79. The average molecular weight is 731 g/mol. The summed E-state index contributed by atoms with van der Waals surface area (Å²) in [5.74, 6) is 0. The van der Waals surface area contributed by atoms with E-state index in [2.05, 4.69) is 89.3 Å². The summed E-state index contributed by atoms with van der Waals surface area (Å²) in [6.07, 6.45) is 70.3. The van der Waals surface area contributed by atoms with Gasteiger partial charge in [-0.15, -0.1) is 0 Å². The number of rotatable bonds is 35. The van der Waals surface area contributed by atoms with Gasteiger partial charge in [-0.25, -0.2) is 0 Å². The van der Waals surface area contributed by atoms with E-state index in [1.807, 2.05) is 0 Å². The van der Waals surface area contributed by atoms with E-state index >= 15 is 0 Å². The Morgan fingerprint density at radius 1 is 0.453 bits per heavy atom. The highest BCUT2D eigenvalue weighted by Crippen LogP contribution is 2.43. The Bertz CT molecular complexity index is 982. The first-order valence-electron chi connectivity index (χ1n) is 24.3. The normalized spacial score (nSPS) is 17.1. The third-order valence-corrected chi connectivity index (χ3v) is 11.7. The van der Waals surface area contributed by atoms with Gasteiger partial charge in [-0.2, -0.15) is 0 Å². The Labute approximate surface area is 335 Å². The largest absolute Gasteiger partial charge is 0.0873 e. The second kappa shape index (κ2) is 37.4. The summed E-state index contributed by atoms with van der Waals surface area (Å²) in [6.45, 7) is 11.7. The summed E-state index contributed by atoms with van der Waals surface area (Å²) < 4.78 is 0. The third-order valence-electron chi connectivity index (χ3n) is 11.7. The molecule has 0 fully saturated rings. The molecule has 0 saturated heterocycles. The Balaban J connectivity index is 3.87. The molecule has 0 aromatic rings. The molecule has 0 spiro atoms. The van der Waals surface area contributed by atoms with Gasteiger partial charge in [0.15, 0.2) is 0 Å². The zero-order valence-corrected chi connectivity index (χ0v) is 36.9. The summed E-state index contributed by atoms with van der Waals surface area (Å²) >= 11 is 0. The van der Waals surface area contributed by atoms with Crippen LogP contribution in [-0.2, 0) is 0 Å². The molecule has 0 heterocycles. The van der Waals surface area contributed by atoms with E-state index in [1.54, 1.807) is 16.7 Å². The van der Waals surface area contributed by atoms with Gasteiger partial charge in [0.25, 0.3) is 0 Å². The SMILES string of the molecule is CCCCCCC=CC(C=CCCCCCCC)(CCCCCCC)C(C=CCCCCCCC)=C(C=CCCCCCCC)/C1=C/CCCCCC1. The summed E-state index contributed by atoms with van der Waals surface area (Å²) in [6, 6.07) is 0. The van der Waals surface area contributed by atoms with Crippen LogP contribution in [0.15, 0.2) is 71.4 Å². The molecule has 0 aromatic carbocycles. The minimum atomic E-state index is -0.0525. The Kier molecular flexibility index (Phi) is 34.9. The van der Waals surface area contributed by atoms with Crippen molar-refractivity contribution in [1.29, 1.82) is 0 Å². The molecule has 53 heavy (non-hydrogen) atoms. The molecule has 0 aromatic heterocycles. The molecule has 306 valence electrons. The van der Waals surface area contributed by atoms with Crippen molar-refractivity contribution in [1.82, 2.24) is 0 Å². The van der Waals surface area contributed by atoms with E-state index in [9.17, 15) is 0 Å². The topological polar surface area (TPSA) is 0 Å². The minimum Gasteiger partial charge on any atom is -0.0873 e.